The lowest BCUT2D eigenvalue weighted by Crippen LogP contribution is -2.37. The zero-order valence-corrected chi connectivity index (χ0v) is 18.6. The van der Waals surface area contributed by atoms with E-state index in [1.807, 2.05) is 17.9 Å². The van der Waals surface area contributed by atoms with Crippen molar-refractivity contribution >= 4 is 9.84 Å². The SMILES string of the molecule is Cn1cc(CN(CCO)[C@H]2CCS(=O)(=O)C2)c(-c2ccc(C3CCCCC3)cc2)n1. The van der Waals surface area contributed by atoms with Crippen LogP contribution >= 0.6 is 0 Å². The third kappa shape index (κ3) is 4.95. The lowest BCUT2D eigenvalue weighted by Gasteiger charge is -2.27. The Morgan fingerprint density at radius 3 is 2.50 bits per heavy atom. The molecule has 6 nitrogen and oxygen atoms in total. The topological polar surface area (TPSA) is 75.4 Å². The Morgan fingerprint density at radius 2 is 1.87 bits per heavy atom. The maximum Gasteiger partial charge on any atom is 0.151 e. The number of aliphatic hydroxyl groups is 1. The molecule has 0 bridgehead atoms. The van der Waals surface area contributed by atoms with Gasteiger partial charge in [-0.25, -0.2) is 8.42 Å². The predicted molar refractivity (Wildman–Crippen MR) is 119 cm³/mol. The summed E-state index contributed by atoms with van der Waals surface area (Å²) in [6.07, 6.45) is 9.23. The summed E-state index contributed by atoms with van der Waals surface area (Å²) in [5, 5.41) is 14.2. The van der Waals surface area contributed by atoms with Crippen molar-refractivity contribution < 1.29 is 13.5 Å². The van der Waals surface area contributed by atoms with Gasteiger partial charge in [-0.2, -0.15) is 5.10 Å². The highest BCUT2D eigenvalue weighted by molar-refractivity contribution is 7.91. The molecule has 1 aliphatic heterocycles. The summed E-state index contributed by atoms with van der Waals surface area (Å²) in [6, 6.07) is 8.81. The van der Waals surface area contributed by atoms with Gasteiger partial charge in [0.1, 0.15) is 0 Å². The minimum atomic E-state index is -2.97. The molecule has 1 saturated carbocycles. The molecule has 0 amide bonds. The van der Waals surface area contributed by atoms with Gasteiger partial charge < -0.3 is 5.11 Å². The highest BCUT2D eigenvalue weighted by Crippen LogP contribution is 2.34. The molecule has 7 heteroatoms. The first-order chi connectivity index (χ1) is 14.4. The largest absolute Gasteiger partial charge is 0.395 e. The summed E-state index contributed by atoms with van der Waals surface area (Å²) >= 11 is 0. The Morgan fingerprint density at radius 1 is 1.13 bits per heavy atom. The molecule has 2 fully saturated rings. The molecule has 1 aliphatic carbocycles. The van der Waals surface area contributed by atoms with Gasteiger partial charge in [0, 0.05) is 43.5 Å². The van der Waals surface area contributed by atoms with Gasteiger partial charge in [0.15, 0.2) is 9.84 Å². The van der Waals surface area contributed by atoms with E-state index >= 15 is 0 Å². The molecule has 0 unspecified atom stereocenters. The normalized spacial score (nSPS) is 22.0. The summed E-state index contributed by atoms with van der Waals surface area (Å²) in [5.74, 6) is 1.10. The van der Waals surface area contributed by atoms with E-state index in [4.69, 9.17) is 5.10 Å². The zero-order chi connectivity index (χ0) is 21.1. The highest BCUT2D eigenvalue weighted by atomic mass is 32.2. The molecule has 1 aromatic heterocycles. The van der Waals surface area contributed by atoms with Crippen LogP contribution < -0.4 is 0 Å². The van der Waals surface area contributed by atoms with Crippen LogP contribution in [0, 0.1) is 0 Å². The smallest absolute Gasteiger partial charge is 0.151 e. The average molecular weight is 432 g/mol. The molecule has 2 heterocycles. The monoisotopic (exact) mass is 431 g/mol. The lowest BCUT2D eigenvalue weighted by molar-refractivity contribution is 0.154. The van der Waals surface area contributed by atoms with Crippen molar-refractivity contribution in [3.05, 3.63) is 41.6 Å². The maximum absolute atomic E-state index is 12.0. The number of benzene rings is 1. The van der Waals surface area contributed by atoms with E-state index in [1.165, 1.54) is 37.7 Å². The Labute approximate surface area is 179 Å². The van der Waals surface area contributed by atoms with E-state index in [0.29, 0.717) is 25.4 Å². The Kier molecular flexibility index (Phi) is 6.60. The molecule has 4 rings (SSSR count). The van der Waals surface area contributed by atoms with Crippen molar-refractivity contribution in [1.82, 2.24) is 14.7 Å². The fraction of sp³-hybridized carbons (Fsp3) is 0.609. The molecule has 1 N–H and O–H groups in total. The maximum atomic E-state index is 12.0. The van der Waals surface area contributed by atoms with Crippen LogP contribution in [0.3, 0.4) is 0 Å². The van der Waals surface area contributed by atoms with Crippen LogP contribution in [0.15, 0.2) is 30.5 Å². The van der Waals surface area contributed by atoms with Gasteiger partial charge in [-0.3, -0.25) is 9.58 Å². The number of sulfone groups is 1. The number of hydrogen-bond acceptors (Lipinski definition) is 5. The van der Waals surface area contributed by atoms with Gasteiger partial charge >= 0.3 is 0 Å². The summed E-state index contributed by atoms with van der Waals surface area (Å²) in [5.41, 5.74) is 4.53. The molecule has 1 aromatic carbocycles. The summed E-state index contributed by atoms with van der Waals surface area (Å²) in [4.78, 5) is 2.10. The van der Waals surface area contributed by atoms with Crippen LogP contribution in [0.25, 0.3) is 11.3 Å². The quantitative estimate of drug-likeness (QED) is 0.729. The van der Waals surface area contributed by atoms with Gasteiger partial charge in [-0.15, -0.1) is 0 Å². The third-order valence-electron chi connectivity index (χ3n) is 6.65. The summed E-state index contributed by atoms with van der Waals surface area (Å²) in [7, 11) is -1.05. The van der Waals surface area contributed by atoms with Crippen molar-refractivity contribution in [2.45, 2.75) is 57.0 Å². The van der Waals surface area contributed by atoms with Crippen molar-refractivity contribution in [2.75, 3.05) is 24.7 Å². The zero-order valence-electron chi connectivity index (χ0n) is 17.8. The van der Waals surface area contributed by atoms with Crippen LogP contribution in [0.4, 0.5) is 0 Å². The van der Waals surface area contributed by atoms with Crippen molar-refractivity contribution in [2.24, 2.45) is 7.05 Å². The van der Waals surface area contributed by atoms with Gasteiger partial charge in [0.2, 0.25) is 0 Å². The van der Waals surface area contributed by atoms with Gasteiger partial charge in [-0.1, -0.05) is 43.5 Å². The van der Waals surface area contributed by atoms with Crippen LogP contribution in [0.2, 0.25) is 0 Å². The Balaban J connectivity index is 1.54. The van der Waals surface area contributed by atoms with E-state index in [-0.39, 0.29) is 24.2 Å². The minimum Gasteiger partial charge on any atom is -0.395 e. The van der Waals surface area contributed by atoms with E-state index in [2.05, 4.69) is 29.2 Å². The van der Waals surface area contributed by atoms with E-state index in [9.17, 15) is 13.5 Å². The molecule has 2 aromatic rings. The second kappa shape index (κ2) is 9.20. The summed E-state index contributed by atoms with van der Waals surface area (Å²) in [6.45, 7) is 1.08. The highest BCUT2D eigenvalue weighted by Gasteiger charge is 2.32. The van der Waals surface area contributed by atoms with E-state index < -0.39 is 9.84 Å². The standard InChI is InChI=1S/C23H33N3O3S/c1-25-15-21(16-26(12-13-27)22-11-14-30(28,29)17-22)23(24-25)20-9-7-19(8-10-20)18-5-3-2-4-6-18/h7-10,15,18,22,27H,2-6,11-14,16-17H2,1H3/t22-/m0/s1. The molecular formula is C23H33N3O3S. The van der Waals surface area contributed by atoms with Gasteiger partial charge in [-0.05, 0) is 30.7 Å². The van der Waals surface area contributed by atoms with Gasteiger partial charge in [0.05, 0.1) is 23.8 Å². The number of rotatable bonds is 7. The Bertz CT molecular complexity index is 947. The number of aromatic nitrogens is 2. The minimum absolute atomic E-state index is 0.0161. The average Bonchev–Trinajstić information content (AvgIpc) is 3.30. The fourth-order valence-corrected chi connectivity index (χ4v) is 6.81. The first kappa shape index (κ1) is 21.5. The molecule has 1 atom stereocenters. The first-order valence-corrected chi connectivity index (χ1v) is 13.0. The van der Waals surface area contributed by atoms with Crippen molar-refractivity contribution in [3.63, 3.8) is 0 Å². The van der Waals surface area contributed by atoms with Crippen LogP contribution in [0.1, 0.15) is 55.6 Å². The lowest BCUT2D eigenvalue weighted by atomic mass is 9.84. The van der Waals surface area contributed by atoms with Crippen molar-refractivity contribution in [3.8, 4) is 11.3 Å². The van der Waals surface area contributed by atoms with Crippen LogP contribution in [-0.4, -0.2) is 58.9 Å². The number of nitrogens with zero attached hydrogens (tertiary/aromatic N) is 3. The van der Waals surface area contributed by atoms with E-state index in [0.717, 1.165) is 16.8 Å². The Hall–Kier alpha value is -1.70. The fourth-order valence-electron chi connectivity index (χ4n) is 5.05. The molecule has 2 aliphatic rings. The molecule has 1 saturated heterocycles. The number of aryl methyl sites for hydroxylation is 1. The second-order valence-corrected chi connectivity index (χ2v) is 11.1. The van der Waals surface area contributed by atoms with E-state index in [1.54, 1.807) is 0 Å². The molecule has 164 valence electrons. The van der Waals surface area contributed by atoms with Gasteiger partial charge in [0.25, 0.3) is 0 Å². The van der Waals surface area contributed by atoms with Crippen molar-refractivity contribution in [1.29, 1.82) is 0 Å². The summed E-state index contributed by atoms with van der Waals surface area (Å²) < 4.78 is 25.7. The molecule has 0 spiro atoms. The number of hydrogen-bond donors (Lipinski definition) is 1. The number of aliphatic hydroxyl groups excluding tert-OH is 1. The first-order valence-electron chi connectivity index (χ1n) is 11.1. The third-order valence-corrected chi connectivity index (χ3v) is 8.40. The van der Waals surface area contributed by atoms with Crippen LogP contribution in [-0.2, 0) is 23.4 Å². The second-order valence-electron chi connectivity index (χ2n) is 8.88. The molecular weight excluding hydrogens is 398 g/mol. The predicted octanol–water partition coefficient (Wildman–Crippen LogP) is 3.12. The molecule has 30 heavy (non-hydrogen) atoms. The molecule has 0 radical (unpaired) electrons. The van der Waals surface area contributed by atoms with Crippen LogP contribution in [0.5, 0.6) is 0 Å².